The number of nitrogen functional groups attached to an aromatic ring is 1. The maximum absolute atomic E-state index is 5.95. The van der Waals surface area contributed by atoms with Crippen LogP contribution in [0.1, 0.15) is 31.7 Å². The van der Waals surface area contributed by atoms with E-state index < -0.39 is 0 Å². The van der Waals surface area contributed by atoms with Crippen molar-refractivity contribution in [1.82, 2.24) is 0 Å². The fourth-order valence-electron chi connectivity index (χ4n) is 1.96. The maximum atomic E-state index is 5.95. The lowest BCUT2D eigenvalue weighted by molar-refractivity contribution is 0.521. The Balaban J connectivity index is 1.99. The zero-order valence-electron chi connectivity index (χ0n) is 9.64. The van der Waals surface area contributed by atoms with Gasteiger partial charge < -0.3 is 11.1 Å². The molecule has 2 rings (SSSR count). The summed E-state index contributed by atoms with van der Waals surface area (Å²) in [5.41, 5.74) is 9.68. The van der Waals surface area contributed by atoms with Gasteiger partial charge in [0.1, 0.15) is 0 Å². The SMILES string of the molecule is CCC1(CNc2ccc(C)cc2N)CC1. The summed E-state index contributed by atoms with van der Waals surface area (Å²) in [6.07, 6.45) is 4.00. The molecule has 0 spiro atoms. The molecule has 0 radical (unpaired) electrons. The van der Waals surface area contributed by atoms with Crippen LogP contribution >= 0.6 is 0 Å². The van der Waals surface area contributed by atoms with Crippen LogP contribution in [0.5, 0.6) is 0 Å². The van der Waals surface area contributed by atoms with Crippen LogP contribution in [0, 0.1) is 12.3 Å². The first kappa shape index (κ1) is 10.3. The zero-order chi connectivity index (χ0) is 10.9. The second-order valence-corrected chi connectivity index (χ2v) is 4.80. The number of rotatable bonds is 4. The summed E-state index contributed by atoms with van der Waals surface area (Å²) in [7, 11) is 0. The summed E-state index contributed by atoms with van der Waals surface area (Å²) in [5, 5.41) is 3.47. The fraction of sp³-hybridized carbons (Fsp3) is 0.538. The Morgan fingerprint density at radius 2 is 2.13 bits per heavy atom. The number of aryl methyl sites for hydroxylation is 1. The predicted octanol–water partition coefficient (Wildman–Crippen LogP) is 3.18. The molecule has 2 heteroatoms. The van der Waals surface area contributed by atoms with Gasteiger partial charge in [0, 0.05) is 6.54 Å². The lowest BCUT2D eigenvalue weighted by atomic mass is 10.0. The number of hydrogen-bond acceptors (Lipinski definition) is 2. The fourth-order valence-corrected chi connectivity index (χ4v) is 1.96. The number of nitrogens with one attached hydrogen (secondary N) is 1. The van der Waals surface area contributed by atoms with Crippen LogP contribution in [0.25, 0.3) is 0 Å². The number of hydrogen-bond donors (Lipinski definition) is 2. The van der Waals surface area contributed by atoms with Crippen LogP contribution in [-0.2, 0) is 0 Å². The van der Waals surface area contributed by atoms with E-state index in [9.17, 15) is 0 Å². The lowest BCUT2D eigenvalue weighted by Gasteiger charge is -2.16. The van der Waals surface area contributed by atoms with Gasteiger partial charge in [0.15, 0.2) is 0 Å². The summed E-state index contributed by atoms with van der Waals surface area (Å²) in [5.74, 6) is 0. The third-order valence-corrected chi connectivity index (χ3v) is 3.57. The van der Waals surface area contributed by atoms with Gasteiger partial charge >= 0.3 is 0 Å². The van der Waals surface area contributed by atoms with Crippen LogP contribution in [0.15, 0.2) is 18.2 Å². The van der Waals surface area contributed by atoms with Gasteiger partial charge in [-0.2, -0.15) is 0 Å². The van der Waals surface area contributed by atoms with E-state index in [-0.39, 0.29) is 0 Å². The average Bonchev–Trinajstić information content (AvgIpc) is 2.97. The molecule has 0 bridgehead atoms. The van der Waals surface area contributed by atoms with Crippen molar-refractivity contribution in [1.29, 1.82) is 0 Å². The van der Waals surface area contributed by atoms with E-state index in [4.69, 9.17) is 5.73 Å². The van der Waals surface area contributed by atoms with Gasteiger partial charge in [0.2, 0.25) is 0 Å². The van der Waals surface area contributed by atoms with E-state index in [0.717, 1.165) is 17.9 Å². The van der Waals surface area contributed by atoms with Crippen molar-refractivity contribution in [3.05, 3.63) is 23.8 Å². The van der Waals surface area contributed by atoms with E-state index in [2.05, 4.69) is 31.3 Å². The van der Waals surface area contributed by atoms with Crippen molar-refractivity contribution < 1.29 is 0 Å². The molecule has 1 aromatic carbocycles. The smallest absolute Gasteiger partial charge is 0.0574 e. The van der Waals surface area contributed by atoms with Gasteiger partial charge in [-0.25, -0.2) is 0 Å². The molecule has 0 amide bonds. The predicted molar refractivity (Wildman–Crippen MR) is 66.0 cm³/mol. The molecule has 3 N–H and O–H groups in total. The van der Waals surface area contributed by atoms with Gasteiger partial charge in [0.25, 0.3) is 0 Å². The molecule has 0 atom stereocenters. The van der Waals surface area contributed by atoms with E-state index in [0.29, 0.717) is 5.41 Å². The number of benzene rings is 1. The van der Waals surface area contributed by atoms with Crippen molar-refractivity contribution in [2.45, 2.75) is 33.1 Å². The molecule has 1 aliphatic carbocycles. The minimum Gasteiger partial charge on any atom is -0.397 e. The number of anilines is 2. The van der Waals surface area contributed by atoms with E-state index in [1.165, 1.54) is 24.8 Å². The first-order valence-corrected chi connectivity index (χ1v) is 5.75. The Bertz CT molecular complexity index is 354. The van der Waals surface area contributed by atoms with Gasteiger partial charge in [-0.15, -0.1) is 0 Å². The summed E-state index contributed by atoms with van der Waals surface area (Å²) >= 11 is 0. The summed E-state index contributed by atoms with van der Waals surface area (Å²) in [6.45, 7) is 5.40. The van der Waals surface area contributed by atoms with Crippen molar-refractivity contribution >= 4 is 11.4 Å². The highest BCUT2D eigenvalue weighted by Crippen LogP contribution is 2.48. The van der Waals surface area contributed by atoms with Crippen LogP contribution < -0.4 is 11.1 Å². The summed E-state index contributed by atoms with van der Waals surface area (Å²) in [4.78, 5) is 0. The molecular formula is C13H20N2. The second-order valence-electron chi connectivity index (χ2n) is 4.80. The normalized spacial score (nSPS) is 17.5. The highest BCUT2D eigenvalue weighted by Gasteiger charge is 2.40. The standard InChI is InChI=1S/C13H20N2/c1-3-13(6-7-13)9-15-12-5-4-10(2)8-11(12)14/h4-5,8,15H,3,6-7,9,14H2,1-2H3. The molecule has 0 unspecified atom stereocenters. The molecule has 15 heavy (non-hydrogen) atoms. The third-order valence-electron chi connectivity index (χ3n) is 3.57. The summed E-state index contributed by atoms with van der Waals surface area (Å²) in [6, 6.07) is 6.20. The third kappa shape index (κ3) is 2.25. The Labute approximate surface area is 91.9 Å². The minimum atomic E-state index is 0.567. The molecule has 1 aliphatic rings. The largest absolute Gasteiger partial charge is 0.397 e. The van der Waals surface area contributed by atoms with Crippen molar-refractivity contribution in [3.63, 3.8) is 0 Å². The van der Waals surface area contributed by atoms with Crippen LogP contribution in [0.2, 0.25) is 0 Å². The Morgan fingerprint density at radius 1 is 1.40 bits per heavy atom. The van der Waals surface area contributed by atoms with E-state index in [1.807, 2.05) is 6.07 Å². The van der Waals surface area contributed by atoms with Gasteiger partial charge in [0.05, 0.1) is 11.4 Å². The maximum Gasteiger partial charge on any atom is 0.0574 e. The second kappa shape index (κ2) is 3.76. The van der Waals surface area contributed by atoms with Crippen LogP contribution in [0.3, 0.4) is 0 Å². The minimum absolute atomic E-state index is 0.567. The van der Waals surface area contributed by atoms with Crippen molar-refractivity contribution in [2.75, 3.05) is 17.6 Å². The quantitative estimate of drug-likeness (QED) is 0.739. The molecule has 1 saturated carbocycles. The first-order chi connectivity index (χ1) is 7.15. The Morgan fingerprint density at radius 3 is 2.67 bits per heavy atom. The van der Waals surface area contributed by atoms with Gasteiger partial charge in [-0.3, -0.25) is 0 Å². The molecular weight excluding hydrogens is 184 g/mol. The molecule has 1 aromatic rings. The van der Waals surface area contributed by atoms with Crippen molar-refractivity contribution in [3.8, 4) is 0 Å². The molecule has 0 aromatic heterocycles. The molecule has 0 aliphatic heterocycles. The molecule has 0 heterocycles. The monoisotopic (exact) mass is 204 g/mol. The molecule has 0 saturated heterocycles. The topological polar surface area (TPSA) is 38.0 Å². The van der Waals surface area contributed by atoms with Gasteiger partial charge in [-0.05, 0) is 49.3 Å². The lowest BCUT2D eigenvalue weighted by Crippen LogP contribution is -2.15. The molecule has 1 fully saturated rings. The van der Waals surface area contributed by atoms with E-state index >= 15 is 0 Å². The highest BCUT2D eigenvalue weighted by molar-refractivity contribution is 5.66. The van der Waals surface area contributed by atoms with Crippen LogP contribution in [0.4, 0.5) is 11.4 Å². The van der Waals surface area contributed by atoms with Crippen molar-refractivity contribution in [2.24, 2.45) is 5.41 Å². The molecule has 82 valence electrons. The van der Waals surface area contributed by atoms with E-state index in [1.54, 1.807) is 0 Å². The Hall–Kier alpha value is -1.18. The zero-order valence-corrected chi connectivity index (χ0v) is 9.64. The average molecular weight is 204 g/mol. The number of nitrogens with two attached hydrogens (primary N) is 1. The van der Waals surface area contributed by atoms with Gasteiger partial charge in [-0.1, -0.05) is 13.0 Å². The summed E-state index contributed by atoms with van der Waals surface area (Å²) < 4.78 is 0. The highest BCUT2D eigenvalue weighted by atomic mass is 14.9. The molecule has 2 nitrogen and oxygen atoms in total. The Kier molecular flexibility index (Phi) is 2.59. The first-order valence-electron chi connectivity index (χ1n) is 5.75. The van der Waals surface area contributed by atoms with Crippen LogP contribution in [-0.4, -0.2) is 6.54 Å².